The molecule has 66 valence electrons. The largest absolute Gasteiger partial charge is 0.477 e. The minimum atomic E-state index is -0.871. The number of thiophene rings is 1. The van der Waals surface area contributed by atoms with E-state index in [-0.39, 0.29) is 6.04 Å². The van der Waals surface area contributed by atoms with Crippen molar-refractivity contribution >= 4 is 17.3 Å². The molecule has 1 unspecified atom stereocenters. The van der Waals surface area contributed by atoms with Gasteiger partial charge in [0.05, 0.1) is 0 Å². The average Bonchev–Trinajstić information content (AvgIpc) is 2.30. The number of carboxylic acids is 1. The van der Waals surface area contributed by atoms with Gasteiger partial charge in [-0.25, -0.2) is 4.79 Å². The van der Waals surface area contributed by atoms with Gasteiger partial charge in [0.2, 0.25) is 0 Å². The van der Waals surface area contributed by atoms with E-state index >= 15 is 0 Å². The van der Waals surface area contributed by atoms with Crippen molar-refractivity contribution in [3.05, 3.63) is 21.4 Å². The standard InChI is InChI=1S/C8H11NO2S/c1-4-3-6(5(2)9)12-7(4)8(10)11/h3,5H,9H2,1-2H3,(H,10,11). The predicted molar refractivity (Wildman–Crippen MR) is 48.6 cm³/mol. The summed E-state index contributed by atoms with van der Waals surface area (Å²) >= 11 is 1.25. The summed E-state index contributed by atoms with van der Waals surface area (Å²) in [7, 11) is 0. The Labute approximate surface area is 74.8 Å². The van der Waals surface area contributed by atoms with Crippen LogP contribution in [-0.2, 0) is 0 Å². The molecule has 1 rings (SSSR count). The molecule has 12 heavy (non-hydrogen) atoms. The number of hydrogen-bond acceptors (Lipinski definition) is 3. The molecule has 1 atom stereocenters. The summed E-state index contributed by atoms with van der Waals surface area (Å²) < 4.78 is 0. The molecule has 0 radical (unpaired) electrons. The number of hydrogen-bond donors (Lipinski definition) is 2. The zero-order valence-electron chi connectivity index (χ0n) is 7.00. The van der Waals surface area contributed by atoms with Gasteiger partial charge < -0.3 is 10.8 Å². The first-order valence-corrected chi connectivity index (χ1v) is 4.43. The van der Waals surface area contributed by atoms with Crippen LogP contribution in [0.15, 0.2) is 6.07 Å². The van der Waals surface area contributed by atoms with Crippen LogP contribution in [0, 0.1) is 6.92 Å². The van der Waals surface area contributed by atoms with E-state index in [1.807, 2.05) is 13.0 Å². The Morgan fingerprint density at radius 1 is 1.75 bits per heavy atom. The van der Waals surface area contributed by atoms with Crippen LogP contribution in [0.25, 0.3) is 0 Å². The zero-order valence-corrected chi connectivity index (χ0v) is 7.81. The fourth-order valence-corrected chi connectivity index (χ4v) is 1.91. The van der Waals surface area contributed by atoms with Crippen LogP contribution in [0.3, 0.4) is 0 Å². The molecule has 0 spiro atoms. The van der Waals surface area contributed by atoms with E-state index in [0.717, 1.165) is 10.4 Å². The monoisotopic (exact) mass is 185 g/mol. The molecule has 1 heterocycles. The van der Waals surface area contributed by atoms with Gasteiger partial charge in [-0.3, -0.25) is 0 Å². The highest BCUT2D eigenvalue weighted by Crippen LogP contribution is 2.25. The third-order valence-corrected chi connectivity index (χ3v) is 3.01. The van der Waals surface area contributed by atoms with E-state index in [1.54, 1.807) is 6.92 Å². The van der Waals surface area contributed by atoms with Crippen LogP contribution >= 0.6 is 11.3 Å². The first-order chi connectivity index (χ1) is 5.52. The maximum atomic E-state index is 10.6. The molecule has 0 aliphatic heterocycles. The van der Waals surface area contributed by atoms with E-state index in [0.29, 0.717) is 4.88 Å². The Hall–Kier alpha value is -0.870. The Bertz CT molecular complexity index is 304. The van der Waals surface area contributed by atoms with Crippen molar-refractivity contribution < 1.29 is 9.90 Å². The highest BCUT2D eigenvalue weighted by atomic mass is 32.1. The number of nitrogens with two attached hydrogens (primary N) is 1. The summed E-state index contributed by atoms with van der Waals surface area (Å²) in [6.45, 7) is 3.63. The molecule has 0 fully saturated rings. The first kappa shape index (κ1) is 9.22. The van der Waals surface area contributed by atoms with Crippen LogP contribution in [0.1, 0.15) is 33.1 Å². The van der Waals surface area contributed by atoms with Crippen molar-refractivity contribution in [1.82, 2.24) is 0 Å². The quantitative estimate of drug-likeness (QED) is 0.738. The summed E-state index contributed by atoms with van der Waals surface area (Å²) in [4.78, 5) is 11.9. The third kappa shape index (κ3) is 1.65. The van der Waals surface area contributed by atoms with Crippen molar-refractivity contribution in [3.8, 4) is 0 Å². The van der Waals surface area contributed by atoms with Crippen molar-refractivity contribution in [2.24, 2.45) is 5.73 Å². The number of aryl methyl sites for hydroxylation is 1. The Morgan fingerprint density at radius 3 is 2.58 bits per heavy atom. The first-order valence-electron chi connectivity index (χ1n) is 3.61. The number of rotatable bonds is 2. The lowest BCUT2D eigenvalue weighted by molar-refractivity contribution is 0.0701. The minimum Gasteiger partial charge on any atom is -0.477 e. The van der Waals surface area contributed by atoms with Crippen LogP contribution in [0.4, 0.5) is 0 Å². The van der Waals surface area contributed by atoms with Gasteiger partial charge in [0, 0.05) is 10.9 Å². The third-order valence-electron chi connectivity index (χ3n) is 1.58. The smallest absolute Gasteiger partial charge is 0.346 e. The lowest BCUT2D eigenvalue weighted by atomic mass is 10.2. The Morgan fingerprint density at radius 2 is 2.33 bits per heavy atom. The number of carboxylic acid groups (broad SMARTS) is 1. The summed E-state index contributed by atoms with van der Waals surface area (Å²) in [5.41, 5.74) is 6.41. The highest BCUT2D eigenvalue weighted by molar-refractivity contribution is 7.14. The number of carbonyl (C=O) groups is 1. The molecule has 0 bridgehead atoms. The predicted octanol–water partition coefficient (Wildman–Crippen LogP) is 1.77. The van der Waals surface area contributed by atoms with Gasteiger partial charge in [0.1, 0.15) is 4.88 Å². The van der Waals surface area contributed by atoms with Gasteiger partial charge in [-0.2, -0.15) is 0 Å². The van der Waals surface area contributed by atoms with Gasteiger partial charge in [0.15, 0.2) is 0 Å². The molecule has 0 amide bonds. The van der Waals surface area contributed by atoms with Crippen LogP contribution in [0.2, 0.25) is 0 Å². The molecule has 3 nitrogen and oxygen atoms in total. The molecule has 3 N–H and O–H groups in total. The van der Waals surface area contributed by atoms with E-state index in [2.05, 4.69) is 0 Å². The van der Waals surface area contributed by atoms with Crippen LogP contribution in [-0.4, -0.2) is 11.1 Å². The molecule has 1 aromatic rings. The summed E-state index contributed by atoms with van der Waals surface area (Å²) in [5, 5.41) is 8.73. The number of aromatic carboxylic acids is 1. The van der Waals surface area contributed by atoms with Gasteiger partial charge in [-0.05, 0) is 25.5 Å². The van der Waals surface area contributed by atoms with Gasteiger partial charge in [-0.1, -0.05) is 0 Å². The molecule has 4 heteroatoms. The van der Waals surface area contributed by atoms with E-state index in [9.17, 15) is 4.79 Å². The van der Waals surface area contributed by atoms with Crippen molar-refractivity contribution in [3.63, 3.8) is 0 Å². The second-order valence-corrected chi connectivity index (χ2v) is 3.84. The molecular formula is C8H11NO2S. The maximum absolute atomic E-state index is 10.6. The SMILES string of the molecule is Cc1cc(C(C)N)sc1C(=O)O. The summed E-state index contributed by atoms with van der Waals surface area (Å²) in [6, 6.07) is 1.75. The van der Waals surface area contributed by atoms with Crippen LogP contribution < -0.4 is 5.73 Å². The van der Waals surface area contributed by atoms with Gasteiger partial charge in [-0.15, -0.1) is 11.3 Å². The minimum absolute atomic E-state index is 0.0817. The normalized spacial score (nSPS) is 12.9. The molecule has 0 saturated heterocycles. The summed E-state index contributed by atoms with van der Waals surface area (Å²) in [6.07, 6.45) is 0. The zero-order chi connectivity index (χ0) is 9.30. The highest BCUT2D eigenvalue weighted by Gasteiger charge is 2.13. The molecule has 1 aromatic heterocycles. The second kappa shape index (κ2) is 3.25. The van der Waals surface area contributed by atoms with Crippen molar-refractivity contribution in [1.29, 1.82) is 0 Å². The van der Waals surface area contributed by atoms with Crippen molar-refractivity contribution in [2.45, 2.75) is 19.9 Å². The molecule has 0 aromatic carbocycles. The lowest BCUT2D eigenvalue weighted by Crippen LogP contribution is -2.01. The van der Waals surface area contributed by atoms with E-state index < -0.39 is 5.97 Å². The lowest BCUT2D eigenvalue weighted by Gasteiger charge is -1.97. The van der Waals surface area contributed by atoms with E-state index in [4.69, 9.17) is 10.8 Å². The average molecular weight is 185 g/mol. The fraction of sp³-hybridized carbons (Fsp3) is 0.375. The van der Waals surface area contributed by atoms with Gasteiger partial charge >= 0.3 is 5.97 Å². The fourth-order valence-electron chi connectivity index (χ4n) is 0.943. The maximum Gasteiger partial charge on any atom is 0.346 e. The second-order valence-electron chi connectivity index (χ2n) is 2.75. The summed E-state index contributed by atoms with van der Waals surface area (Å²) in [5.74, 6) is -0.871. The van der Waals surface area contributed by atoms with Crippen LogP contribution in [0.5, 0.6) is 0 Å². The Kier molecular flexibility index (Phi) is 2.49. The molecule has 0 aliphatic rings. The van der Waals surface area contributed by atoms with Crippen molar-refractivity contribution in [2.75, 3.05) is 0 Å². The van der Waals surface area contributed by atoms with E-state index in [1.165, 1.54) is 11.3 Å². The van der Waals surface area contributed by atoms with Gasteiger partial charge in [0.25, 0.3) is 0 Å². The molecular weight excluding hydrogens is 174 g/mol. The molecule has 0 saturated carbocycles. The Balaban J connectivity index is 3.09. The molecule has 0 aliphatic carbocycles. The topological polar surface area (TPSA) is 63.3 Å².